The minimum atomic E-state index is -1.05. The van der Waals surface area contributed by atoms with Crippen molar-refractivity contribution < 1.29 is 14.7 Å². The highest BCUT2D eigenvalue weighted by Crippen LogP contribution is 2.22. The van der Waals surface area contributed by atoms with Gasteiger partial charge in [-0.3, -0.25) is 4.79 Å². The average Bonchev–Trinajstić information content (AvgIpc) is 2.46. The summed E-state index contributed by atoms with van der Waals surface area (Å²) >= 11 is 0. The van der Waals surface area contributed by atoms with Crippen LogP contribution in [0.5, 0.6) is 0 Å². The highest BCUT2D eigenvalue weighted by Gasteiger charge is 2.30. The molecule has 20 heavy (non-hydrogen) atoms. The molecule has 1 aromatic heterocycles. The van der Waals surface area contributed by atoms with Gasteiger partial charge in [0.2, 0.25) is 11.9 Å². The van der Waals surface area contributed by atoms with Gasteiger partial charge in [0.05, 0.1) is 11.3 Å². The second-order valence-electron chi connectivity index (χ2n) is 4.79. The third-order valence-electron chi connectivity index (χ3n) is 3.51. The second kappa shape index (κ2) is 5.85. The maximum Gasteiger partial charge on any atom is 0.339 e. The van der Waals surface area contributed by atoms with Crippen molar-refractivity contribution in [1.82, 2.24) is 15.3 Å². The molecule has 1 aliphatic rings. The van der Waals surface area contributed by atoms with E-state index in [1.54, 1.807) is 14.0 Å². The lowest BCUT2D eigenvalue weighted by molar-refractivity contribution is -0.122. The lowest BCUT2D eigenvalue weighted by Crippen LogP contribution is -2.49. The van der Waals surface area contributed by atoms with Crippen LogP contribution in [-0.4, -0.2) is 46.6 Å². The molecule has 2 heterocycles. The van der Waals surface area contributed by atoms with E-state index in [9.17, 15) is 9.59 Å². The van der Waals surface area contributed by atoms with Crippen LogP contribution in [0.3, 0.4) is 0 Å². The van der Waals surface area contributed by atoms with Crippen LogP contribution in [0.2, 0.25) is 0 Å². The Bertz CT molecular complexity index is 532. The molecule has 0 radical (unpaired) electrons. The van der Waals surface area contributed by atoms with Crippen molar-refractivity contribution in [3.63, 3.8) is 0 Å². The summed E-state index contributed by atoms with van der Waals surface area (Å²) in [7, 11) is 1.61. The summed E-state index contributed by atoms with van der Waals surface area (Å²) in [4.78, 5) is 33.1. The number of carbonyl (C=O) groups excluding carboxylic acids is 1. The minimum Gasteiger partial charge on any atom is -0.478 e. The molecule has 108 valence electrons. The molecule has 1 aromatic rings. The molecule has 1 fully saturated rings. The summed E-state index contributed by atoms with van der Waals surface area (Å²) in [5, 5.41) is 11.6. The van der Waals surface area contributed by atoms with E-state index in [4.69, 9.17) is 5.11 Å². The standard InChI is InChI=1S/C13H18N4O3/c1-8-9(12(19)20)7-15-13(16-8)17-6-4-3-5-10(17)11(18)14-2/h7,10H,3-6H2,1-2H3,(H,14,18)(H,19,20). The van der Waals surface area contributed by atoms with Gasteiger partial charge in [0.15, 0.2) is 0 Å². The first-order valence-corrected chi connectivity index (χ1v) is 6.59. The summed E-state index contributed by atoms with van der Waals surface area (Å²) in [6.45, 7) is 2.33. The molecule has 0 aliphatic carbocycles. The number of hydrogen-bond acceptors (Lipinski definition) is 5. The topological polar surface area (TPSA) is 95.4 Å². The van der Waals surface area contributed by atoms with Crippen molar-refractivity contribution in [3.8, 4) is 0 Å². The summed E-state index contributed by atoms with van der Waals surface area (Å²) in [6, 6.07) is -0.288. The van der Waals surface area contributed by atoms with Crippen LogP contribution in [0, 0.1) is 6.92 Å². The van der Waals surface area contributed by atoms with Crippen LogP contribution >= 0.6 is 0 Å². The Kier molecular flexibility index (Phi) is 4.16. The summed E-state index contributed by atoms with van der Waals surface area (Å²) < 4.78 is 0. The van der Waals surface area contributed by atoms with E-state index in [1.165, 1.54) is 6.20 Å². The van der Waals surface area contributed by atoms with Gasteiger partial charge in [0, 0.05) is 19.8 Å². The molecule has 1 unspecified atom stereocenters. The third-order valence-corrected chi connectivity index (χ3v) is 3.51. The van der Waals surface area contributed by atoms with Gasteiger partial charge in [-0.15, -0.1) is 0 Å². The first-order chi connectivity index (χ1) is 9.54. The number of amides is 1. The summed E-state index contributed by atoms with van der Waals surface area (Å²) in [5.41, 5.74) is 0.492. The highest BCUT2D eigenvalue weighted by molar-refractivity contribution is 5.88. The fraction of sp³-hybridized carbons (Fsp3) is 0.538. The van der Waals surface area contributed by atoms with E-state index in [0.717, 1.165) is 19.3 Å². The number of carboxylic acid groups (broad SMARTS) is 1. The number of aromatic carboxylic acids is 1. The van der Waals surface area contributed by atoms with Gasteiger partial charge >= 0.3 is 5.97 Å². The predicted molar refractivity (Wildman–Crippen MR) is 72.8 cm³/mol. The second-order valence-corrected chi connectivity index (χ2v) is 4.79. The number of aromatic nitrogens is 2. The predicted octanol–water partition coefficient (Wildman–Crippen LogP) is 0.588. The average molecular weight is 278 g/mol. The van der Waals surface area contributed by atoms with Crippen molar-refractivity contribution in [2.45, 2.75) is 32.2 Å². The minimum absolute atomic E-state index is 0.0618. The summed E-state index contributed by atoms with van der Waals surface area (Å²) in [6.07, 6.45) is 4.01. The SMILES string of the molecule is CNC(=O)C1CCCCN1c1ncc(C(=O)O)c(C)n1. The van der Waals surface area contributed by atoms with E-state index in [0.29, 0.717) is 18.2 Å². The molecule has 1 amide bonds. The Morgan fingerprint density at radius 1 is 1.45 bits per heavy atom. The first kappa shape index (κ1) is 14.2. The number of likely N-dealkylation sites (N-methyl/N-ethyl adjacent to an activating group) is 1. The Morgan fingerprint density at radius 2 is 2.20 bits per heavy atom. The van der Waals surface area contributed by atoms with E-state index < -0.39 is 5.97 Å². The maximum absolute atomic E-state index is 11.9. The molecule has 0 saturated carbocycles. The van der Waals surface area contributed by atoms with Crippen molar-refractivity contribution in [3.05, 3.63) is 17.5 Å². The molecule has 1 aliphatic heterocycles. The zero-order chi connectivity index (χ0) is 14.7. The van der Waals surface area contributed by atoms with E-state index in [-0.39, 0.29) is 17.5 Å². The largest absolute Gasteiger partial charge is 0.478 e. The number of aryl methyl sites for hydroxylation is 1. The third kappa shape index (κ3) is 2.71. The molecule has 7 nitrogen and oxygen atoms in total. The van der Waals surface area contributed by atoms with Crippen molar-refractivity contribution in [2.75, 3.05) is 18.5 Å². The number of piperidine rings is 1. The number of nitrogens with zero attached hydrogens (tertiary/aromatic N) is 3. The van der Waals surface area contributed by atoms with Gasteiger partial charge in [-0.25, -0.2) is 14.8 Å². The molecule has 2 N–H and O–H groups in total. The van der Waals surface area contributed by atoms with E-state index in [2.05, 4.69) is 15.3 Å². The fourth-order valence-electron chi connectivity index (χ4n) is 2.41. The van der Waals surface area contributed by atoms with Crippen molar-refractivity contribution in [1.29, 1.82) is 0 Å². The normalized spacial score (nSPS) is 18.7. The van der Waals surface area contributed by atoms with Gasteiger partial charge in [-0.05, 0) is 26.2 Å². The van der Waals surface area contributed by atoms with Crippen LogP contribution < -0.4 is 10.2 Å². The van der Waals surface area contributed by atoms with Gasteiger partial charge in [-0.2, -0.15) is 0 Å². The molecule has 1 saturated heterocycles. The molecule has 0 spiro atoms. The lowest BCUT2D eigenvalue weighted by atomic mass is 10.0. The van der Waals surface area contributed by atoms with Gasteiger partial charge in [0.1, 0.15) is 6.04 Å². The quantitative estimate of drug-likeness (QED) is 0.840. The molecular formula is C13H18N4O3. The number of carboxylic acids is 1. The number of rotatable bonds is 3. The Labute approximate surface area is 117 Å². The Hall–Kier alpha value is -2.18. The van der Waals surface area contributed by atoms with E-state index >= 15 is 0 Å². The highest BCUT2D eigenvalue weighted by atomic mass is 16.4. The molecule has 1 atom stereocenters. The first-order valence-electron chi connectivity index (χ1n) is 6.59. The number of anilines is 1. The van der Waals surface area contributed by atoms with Gasteiger partial charge in [-0.1, -0.05) is 0 Å². The molecular weight excluding hydrogens is 260 g/mol. The van der Waals surface area contributed by atoms with Crippen LogP contribution in [0.1, 0.15) is 35.3 Å². The lowest BCUT2D eigenvalue weighted by Gasteiger charge is -2.34. The van der Waals surface area contributed by atoms with E-state index in [1.807, 2.05) is 4.90 Å². The number of nitrogens with one attached hydrogen (secondary N) is 1. The fourth-order valence-corrected chi connectivity index (χ4v) is 2.41. The van der Waals surface area contributed by atoms with Crippen LogP contribution in [0.25, 0.3) is 0 Å². The molecule has 7 heteroatoms. The van der Waals surface area contributed by atoms with Gasteiger partial charge < -0.3 is 15.3 Å². The summed E-state index contributed by atoms with van der Waals surface area (Å²) in [5.74, 6) is -0.690. The molecule has 2 rings (SSSR count). The van der Waals surface area contributed by atoms with Crippen molar-refractivity contribution in [2.24, 2.45) is 0 Å². The zero-order valence-corrected chi connectivity index (χ0v) is 11.6. The number of carbonyl (C=O) groups is 2. The van der Waals surface area contributed by atoms with Crippen LogP contribution in [-0.2, 0) is 4.79 Å². The van der Waals surface area contributed by atoms with Crippen LogP contribution in [0.4, 0.5) is 5.95 Å². The van der Waals surface area contributed by atoms with Crippen LogP contribution in [0.15, 0.2) is 6.20 Å². The Balaban J connectivity index is 2.31. The van der Waals surface area contributed by atoms with Gasteiger partial charge in [0.25, 0.3) is 0 Å². The smallest absolute Gasteiger partial charge is 0.339 e. The number of hydrogen-bond donors (Lipinski definition) is 2. The monoisotopic (exact) mass is 278 g/mol. The molecule has 0 aromatic carbocycles. The maximum atomic E-state index is 11.9. The van der Waals surface area contributed by atoms with Crippen molar-refractivity contribution >= 4 is 17.8 Å². The Morgan fingerprint density at radius 3 is 2.80 bits per heavy atom. The molecule has 0 bridgehead atoms. The zero-order valence-electron chi connectivity index (χ0n) is 11.6.